The zero-order valence-corrected chi connectivity index (χ0v) is 10.9. The highest BCUT2D eigenvalue weighted by atomic mass is 19.1. The van der Waals surface area contributed by atoms with Crippen LogP contribution in [0, 0.1) is 11.2 Å². The van der Waals surface area contributed by atoms with Gasteiger partial charge in [-0.3, -0.25) is 4.79 Å². The molecule has 1 aromatic rings. The Morgan fingerprint density at radius 2 is 1.83 bits per heavy atom. The summed E-state index contributed by atoms with van der Waals surface area (Å²) in [6.45, 7) is 4.75. The zero-order valence-electron chi connectivity index (χ0n) is 10.9. The topological polar surface area (TPSA) is 49.3 Å². The largest absolute Gasteiger partial charge is 0.481 e. The van der Waals surface area contributed by atoms with Crippen LogP contribution in [0.2, 0.25) is 0 Å². The standard InChI is InChI=1S/C14H20FNO2/c1-3-14(4-2,13(17)18)10-16-9-11-5-7-12(15)8-6-11/h5-8,16H,3-4,9-10H2,1-2H3,(H,17,18). The van der Waals surface area contributed by atoms with Crippen molar-refractivity contribution in [3.63, 3.8) is 0 Å². The van der Waals surface area contributed by atoms with Crippen LogP contribution in [-0.2, 0) is 11.3 Å². The second kappa shape index (κ2) is 6.50. The third-order valence-corrected chi connectivity index (χ3v) is 3.51. The minimum atomic E-state index is -0.765. The van der Waals surface area contributed by atoms with Gasteiger partial charge in [0, 0.05) is 13.1 Å². The molecule has 0 saturated carbocycles. The van der Waals surface area contributed by atoms with E-state index >= 15 is 0 Å². The molecule has 0 spiro atoms. The predicted molar refractivity (Wildman–Crippen MR) is 68.8 cm³/mol. The summed E-state index contributed by atoms with van der Waals surface area (Å²) in [6, 6.07) is 6.20. The summed E-state index contributed by atoms with van der Waals surface area (Å²) in [6.07, 6.45) is 1.19. The summed E-state index contributed by atoms with van der Waals surface area (Å²) in [4.78, 5) is 11.3. The van der Waals surface area contributed by atoms with E-state index in [4.69, 9.17) is 0 Å². The van der Waals surface area contributed by atoms with Gasteiger partial charge in [0.15, 0.2) is 0 Å². The van der Waals surface area contributed by atoms with E-state index in [0.29, 0.717) is 25.9 Å². The van der Waals surface area contributed by atoms with Gasteiger partial charge in [-0.2, -0.15) is 0 Å². The molecule has 0 amide bonds. The number of carboxylic acid groups (broad SMARTS) is 1. The normalized spacial score (nSPS) is 11.5. The molecule has 100 valence electrons. The first-order valence-corrected chi connectivity index (χ1v) is 6.22. The Bertz CT molecular complexity index is 385. The molecule has 0 heterocycles. The number of aliphatic carboxylic acids is 1. The lowest BCUT2D eigenvalue weighted by Gasteiger charge is -2.27. The average Bonchev–Trinajstić information content (AvgIpc) is 2.37. The third kappa shape index (κ3) is 3.53. The van der Waals surface area contributed by atoms with Crippen molar-refractivity contribution < 1.29 is 14.3 Å². The number of hydrogen-bond acceptors (Lipinski definition) is 2. The Morgan fingerprint density at radius 3 is 2.28 bits per heavy atom. The average molecular weight is 253 g/mol. The predicted octanol–water partition coefficient (Wildman–Crippen LogP) is 2.81. The first-order chi connectivity index (χ1) is 8.54. The molecule has 0 fully saturated rings. The summed E-state index contributed by atoms with van der Waals surface area (Å²) < 4.78 is 12.7. The van der Waals surface area contributed by atoms with Gasteiger partial charge in [0.1, 0.15) is 5.82 Å². The van der Waals surface area contributed by atoms with Gasteiger partial charge >= 0.3 is 5.97 Å². The molecule has 0 aromatic heterocycles. The summed E-state index contributed by atoms with van der Waals surface area (Å²) in [5.74, 6) is -1.03. The van der Waals surface area contributed by atoms with Crippen molar-refractivity contribution in [2.45, 2.75) is 33.2 Å². The van der Waals surface area contributed by atoms with Crippen molar-refractivity contribution in [3.05, 3.63) is 35.6 Å². The van der Waals surface area contributed by atoms with Gasteiger partial charge in [0.05, 0.1) is 5.41 Å². The van der Waals surface area contributed by atoms with E-state index in [1.807, 2.05) is 13.8 Å². The van der Waals surface area contributed by atoms with Crippen LogP contribution in [0.25, 0.3) is 0 Å². The van der Waals surface area contributed by atoms with E-state index in [-0.39, 0.29) is 5.82 Å². The molecular weight excluding hydrogens is 233 g/mol. The highest BCUT2D eigenvalue weighted by Gasteiger charge is 2.34. The second-order valence-corrected chi connectivity index (χ2v) is 4.52. The number of benzene rings is 1. The maximum absolute atomic E-state index is 12.7. The van der Waals surface area contributed by atoms with Crippen molar-refractivity contribution in [2.24, 2.45) is 5.41 Å². The number of rotatable bonds is 7. The van der Waals surface area contributed by atoms with Gasteiger partial charge < -0.3 is 10.4 Å². The minimum absolute atomic E-state index is 0.263. The summed E-state index contributed by atoms with van der Waals surface area (Å²) in [7, 11) is 0. The van der Waals surface area contributed by atoms with Crippen LogP contribution in [0.5, 0.6) is 0 Å². The zero-order chi connectivity index (χ0) is 13.6. The molecule has 0 unspecified atom stereocenters. The highest BCUT2D eigenvalue weighted by Crippen LogP contribution is 2.25. The smallest absolute Gasteiger partial charge is 0.310 e. The van der Waals surface area contributed by atoms with Crippen molar-refractivity contribution in [2.75, 3.05) is 6.54 Å². The van der Waals surface area contributed by atoms with Crippen LogP contribution >= 0.6 is 0 Å². The number of halogens is 1. The fourth-order valence-corrected chi connectivity index (χ4v) is 1.93. The number of carboxylic acids is 1. The summed E-state index contributed by atoms with van der Waals surface area (Å²) in [5.41, 5.74) is 0.239. The van der Waals surface area contributed by atoms with Gasteiger partial charge in [-0.1, -0.05) is 26.0 Å². The van der Waals surface area contributed by atoms with E-state index in [9.17, 15) is 14.3 Å². The monoisotopic (exact) mass is 253 g/mol. The second-order valence-electron chi connectivity index (χ2n) is 4.52. The molecule has 0 atom stereocenters. The molecule has 1 aromatic carbocycles. The van der Waals surface area contributed by atoms with Crippen molar-refractivity contribution in [1.82, 2.24) is 5.32 Å². The van der Waals surface area contributed by atoms with Gasteiger partial charge in [-0.15, -0.1) is 0 Å². The van der Waals surface area contributed by atoms with Crippen molar-refractivity contribution in [3.8, 4) is 0 Å². The van der Waals surface area contributed by atoms with Crippen molar-refractivity contribution in [1.29, 1.82) is 0 Å². The van der Waals surface area contributed by atoms with Crippen LogP contribution < -0.4 is 5.32 Å². The van der Waals surface area contributed by atoms with E-state index < -0.39 is 11.4 Å². The van der Waals surface area contributed by atoms with E-state index in [1.54, 1.807) is 12.1 Å². The van der Waals surface area contributed by atoms with Gasteiger partial charge in [-0.05, 0) is 30.5 Å². The Labute approximate surface area is 107 Å². The van der Waals surface area contributed by atoms with Crippen LogP contribution in [-0.4, -0.2) is 17.6 Å². The SMILES string of the molecule is CCC(CC)(CNCc1ccc(F)cc1)C(=O)O. The van der Waals surface area contributed by atoms with Gasteiger partial charge in [0.25, 0.3) is 0 Å². The highest BCUT2D eigenvalue weighted by molar-refractivity contribution is 5.74. The Kier molecular flexibility index (Phi) is 5.28. The quantitative estimate of drug-likeness (QED) is 0.785. The van der Waals surface area contributed by atoms with Crippen LogP contribution in [0.4, 0.5) is 4.39 Å². The van der Waals surface area contributed by atoms with E-state index in [2.05, 4.69) is 5.32 Å². The molecule has 0 aliphatic rings. The Hall–Kier alpha value is -1.42. The van der Waals surface area contributed by atoms with Crippen LogP contribution in [0.1, 0.15) is 32.3 Å². The lowest BCUT2D eigenvalue weighted by molar-refractivity contribution is -0.149. The van der Waals surface area contributed by atoms with Gasteiger partial charge in [0.2, 0.25) is 0 Å². The molecule has 2 N–H and O–H groups in total. The van der Waals surface area contributed by atoms with Gasteiger partial charge in [-0.25, -0.2) is 4.39 Å². The van der Waals surface area contributed by atoms with Crippen molar-refractivity contribution >= 4 is 5.97 Å². The maximum Gasteiger partial charge on any atom is 0.310 e. The fraction of sp³-hybridized carbons (Fsp3) is 0.500. The molecule has 0 aliphatic heterocycles. The molecule has 0 bridgehead atoms. The van der Waals surface area contributed by atoms with Crippen LogP contribution in [0.15, 0.2) is 24.3 Å². The molecular formula is C14H20FNO2. The third-order valence-electron chi connectivity index (χ3n) is 3.51. The van der Waals surface area contributed by atoms with Crippen LogP contribution in [0.3, 0.4) is 0 Å². The summed E-state index contributed by atoms with van der Waals surface area (Å²) in [5, 5.41) is 12.4. The minimum Gasteiger partial charge on any atom is -0.481 e. The number of carbonyl (C=O) groups is 1. The Morgan fingerprint density at radius 1 is 1.28 bits per heavy atom. The molecule has 0 saturated heterocycles. The first kappa shape index (κ1) is 14.6. The molecule has 18 heavy (non-hydrogen) atoms. The molecule has 1 rings (SSSR count). The first-order valence-electron chi connectivity index (χ1n) is 6.22. The lowest BCUT2D eigenvalue weighted by Crippen LogP contribution is -2.39. The molecule has 0 radical (unpaired) electrons. The van der Waals surface area contributed by atoms with E-state index in [1.165, 1.54) is 12.1 Å². The number of hydrogen-bond donors (Lipinski definition) is 2. The molecule has 4 heteroatoms. The van der Waals surface area contributed by atoms with E-state index in [0.717, 1.165) is 5.56 Å². The fourth-order valence-electron chi connectivity index (χ4n) is 1.93. The number of nitrogens with one attached hydrogen (secondary N) is 1. The maximum atomic E-state index is 12.7. The summed E-state index contributed by atoms with van der Waals surface area (Å²) >= 11 is 0. The Balaban J connectivity index is 2.54. The molecule has 0 aliphatic carbocycles. The molecule has 3 nitrogen and oxygen atoms in total. The lowest BCUT2D eigenvalue weighted by atomic mass is 9.82.